The van der Waals surface area contributed by atoms with Crippen molar-refractivity contribution in [2.24, 2.45) is 5.92 Å². The molecule has 6 heteroatoms. The zero-order valence-corrected chi connectivity index (χ0v) is 14.3. The maximum absolute atomic E-state index is 14.4. The number of aliphatic carboxylic acids is 1. The molecule has 1 aliphatic carbocycles. The van der Waals surface area contributed by atoms with E-state index in [1.165, 1.54) is 10.7 Å². The van der Waals surface area contributed by atoms with Gasteiger partial charge < -0.3 is 10.4 Å². The number of halogens is 1. The van der Waals surface area contributed by atoms with Crippen LogP contribution in [-0.4, -0.2) is 26.4 Å². The summed E-state index contributed by atoms with van der Waals surface area (Å²) >= 11 is 0. The van der Waals surface area contributed by atoms with Gasteiger partial charge in [-0.05, 0) is 32.4 Å². The number of nitrogens with one attached hydrogen (secondary N) is 1. The van der Waals surface area contributed by atoms with Crippen LogP contribution in [0.5, 0.6) is 0 Å². The van der Waals surface area contributed by atoms with Gasteiger partial charge in [0, 0.05) is 6.07 Å². The van der Waals surface area contributed by atoms with Crippen molar-refractivity contribution in [2.75, 3.05) is 5.32 Å². The SMILES string of the molecule is Cc1cc(NC2(C)C=CC=CC2C(=O)O)n(-c2c(C)cccc2F)n1. The van der Waals surface area contributed by atoms with Gasteiger partial charge in [0.1, 0.15) is 23.2 Å². The zero-order valence-electron chi connectivity index (χ0n) is 14.3. The summed E-state index contributed by atoms with van der Waals surface area (Å²) < 4.78 is 15.9. The van der Waals surface area contributed by atoms with Gasteiger partial charge in [-0.15, -0.1) is 0 Å². The maximum Gasteiger partial charge on any atom is 0.313 e. The summed E-state index contributed by atoms with van der Waals surface area (Å²) in [4.78, 5) is 11.6. The number of para-hydroxylation sites is 1. The van der Waals surface area contributed by atoms with Gasteiger partial charge in [0.05, 0.1) is 11.2 Å². The molecule has 2 atom stereocenters. The molecule has 0 spiro atoms. The average Bonchev–Trinajstić information content (AvgIpc) is 2.86. The van der Waals surface area contributed by atoms with Crippen LogP contribution in [0.4, 0.5) is 10.2 Å². The van der Waals surface area contributed by atoms with Crippen LogP contribution in [0.1, 0.15) is 18.2 Å². The highest BCUT2D eigenvalue weighted by molar-refractivity contribution is 5.76. The lowest BCUT2D eigenvalue weighted by atomic mass is 9.82. The first-order chi connectivity index (χ1) is 11.8. The minimum Gasteiger partial charge on any atom is -0.481 e. The molecule has 0 bridgehead atoms. The van der Waals surface area contributed by atoms with Crippen LogP contribution in [0, 0.1) is 25.6 Å². The fourth-order valence-electron chi connectivity index (χ4n) is 3.12. The second-order valence-electron chi connectivity index (χ2n) is 6.46. The Balaban J connectivity index is 2.07. The maximum atomic E-state index is 14.4. The predicted molar refractivity (Wildman–Crippen MR) is 94.4 cm³/mol. The smallest absolute Gasteiger partial charge is 0.313 e. The highest BCUT2D eigenvalue weighted by atomic mass is 19.1. The van der Waals surface area contributed by atoms with Crippen LogP contribution in [0.2, 0.25) is 0 Å². The summed E-state index contributed by atoms with van der Waals surface area (Å²) in [5.74, 6) is -1.52. The fraction of sp³-hybridized carbons (Fsp3) is 0.263. The summed E-state index contributed by atoms with van der Waals surface area (Å²) in [6.45, 7) is 5.42. The molecule has 3 rings (SSSR count). The predicted octanol–water partition coefficient (Wildman–Crippen LogP) is 3.63. The fourth-order valence-corrected chi connectivity index (χ4v) is 3.12. The highest BCUT2D eigenvalue weighted by Gasteiger charge is 2.37. The van der Waals surface area contributed by atoms with Crippen molar-refractivity contribution in [1.29, 1.82) is 0 Å². The van der Waals surface area contributed by atoms with Gasteiger partial charge >= 0.3 is 5.97 Å². The van der Waals surface area contributed by atoms with Crippen molar-refractivity contribution in [2.45, 2.75) is 26.3 Å². The monoisotopic (exact) mass is 341 g/mol. The van der Waals surface area contributed by atoms with E-state index in [2.05, 4.69) is 10.4 Å². The van der Waals surface area contributed by atoms with Gasteiger partial charge in [-0.25, -0.2) is 9.07 Å². The summed E-state index contributed by atoms with van der Waals surface area (Å²) in [7, 11) is 0. The molecule has 1 aliphatic rings. The molecule has 0 fully saturated rings. The number of anilines is 1. The molecule has 2 aromatic rings. The Kier molecular flexibility index (Phi) is 4.20. The van der Waals surface area contributed by atoms with Crippen LogP contribution in [-0.2, 0) is 4.79 Å². The molecule has 130 valence electrons. The third-order valence-electron chi connectivity index (χ3n) is 4.40. The van der Waals surface area contributed by atoms with Gasteiger partial charge in [0.2, 0.25) is 0 Å². The highest BCUT2D eigenvalue weighted by Crippen LogP contribution is 2.31. The van der Waals surface area contributed by atoms with E-state index >= 15 is 0 Å². The molecule has 0 aliphatic heterocycles. The second-order valence-corrected chi connectivity index (χ2v) is 6.46. The summed E-state index contributed by atoms with van der Waals surface area (Å²) in [5.41, 5.74) is 0.939. The molecule has 0 saturated carbocycles. The molecule has 1 aromatic carbocycles. The normalized spacial score (nSPS) is 22.2. The lowest BCUT2D eigenvalue weighted by molar-refractivity contribution is -0.141. The number of aromatic nitrogens is 2. The van der Waals surface area contributed by atoms with E-state index in [-0.39, 0.29) is 5.82 Å². The number of carbonyl (C=O) groups is 1. The topological polar surface area (TPSA) is 67.2 Å². The molecular formula is C19H20FN3O2. The van der Waals surface area contributed by atoms with Crippen molar-refractivity contribution in [3.8, 4) is 5.69 Å². The molecule has 2 unspecified atom stereocenters. The van der Waals surface area contributed by atoms with Crippen molar-refractivity contribution >= 4 is 11.8 Å². The second kappa shape index (κ2) is 6.20. The van der Waals surface area contributed by atoms with Gasteiger partial charge in [-0.1, -0.05) is 36.4 Å². The minimum atomic E-state index is -0.930. The van der Waals surface area contributed by atoms with E-state index in [1.807, 2.05) is 19.9 Å². The standard InChI is InChI=1S/C19H20FN3O2/c1-12-7-6-9-15(20)17(12)23-16(11-13(2)22-23)21-19(3)10-5-4-8-14(19)18(24)25/h4-11,14,21H,1-3H3,(H,24,25). The Morgan fingerprint density at radius 2 is 2.12 bits per heavy atom. The van der Waals surface area contributed by atoms with Crippen LogP contribution in [0.3, 0.4) is 0 Å². The summed E-state index contributed by atoms with van der Waals surface area (Å²) in [6, 6.07) is 6.62. The number of hydrogen-bond acceptors (Lipinski definition) is 3. The molecule has 0 saturated heterocycles. The number of allylic oxidation sites excluding steroid dienone is 2. The van der Waals surface area contributed by atoms with Gasteiger partial charge in [-0.2, -0.15) is 5.10 Å². The van der Waals surface area contributed by atoms with E-state index in [1.54, 1.807) is 43.4 Å². The molecule has 0 radical (unpaired) electrons. The van der Waals surface area contributed by atoms with Crippen molar-refractivity contribution < 1.29 is 14.3 Å². The third kappa shape index (κ3) is 3.07. The minimum absolute atomic E-state index is 0.351. The Hall–Kier alpha value is -2.89. The molecule has 0 amide bonds. The molecule has 25 heavy (non-hydrogen) atoms. The zero-order chi connectivity index (χ0) is 18.2. The summed E-state index contributed by atoms with van der Waals surface area (Å²) in [6.07, 6.45) is 6.95. The number of aryl methyl sites for hydroxylation is 2. The molecule has 1 aromatic heterocycles. The number of nitrogens with zero attached hydrogens (tertiary/aromatic N) is 2. The Morgan fingerprint density at radius 1 is 1.36 bits per heavy atom. The first kappa shape index (κ1) is 17.0. The number of rotatable bonds is 4. The van der Waals surface area contributed by atoms with Crippen LogP contribution in [0.25, 0.3) is 5.69 Å². The third-order valence-corrected chi connectivity index (χ3v) is 4.40. The van der Waals surface area contributed by atoms with Gasteiger partial charge in [0.25, 0.3) is 0 Å². The molecule has 5 nitrogen and oxygen atoms in total. The largest absolute Gasteiger partial charge is 0.481 e. The Labute approximate surface area is 145 Å². The quantitative estimate of drug-likeness (QED) is 0.891. The van der Waals surface area contributed by atoms with E-state index in [0.717, 1.165) is 5.56 Å². The molecule has 1 heterocycles. The van der Waals surface area contributed by atoms with Crippen LogP contribution >= 0.6 is 0 Å². The Bertz CT molecular complexity index is 865. The molecular weight excluding hydrogens is 321 g/mol. The van der Waals surface area contributed by atoms with Crippen molar-refractivity contribution in [1.82, 2.24) is 9.78 Å². The van der Waals surface area contributed by atoms with Crippen molar-refractivity contribution in [3.63, 3.8) is 0 Å². The number of benzene rings is 1. The van der Waals surface area contributed by atoms with E-state index in [4.69, 9.17) is 0 Å². The Morgan fingerprint density at radius 3 is 2.80 bits per heavy atom. The first-order valence-electron chi connectivity index (χ1n) is 8.01. The van der Waals surface area contributed by atoms with Crippen LogP contribution in [0.15, 0.2) is 48.6 Å². The number of hydrogen-bond donors (Lipinski definition) is 2. The van der Waals surface area contributed by atoms with Crippen molar-refractivity contribution in [3.05, 3.63) is 65.6 Å². The lowest BCUT2D eigenvalue weighted by Gasteiger charge is -2.34. The van der Waals surface area contributed by atoms with E-state index in [0.29, 0.717) is 17.2 Å². The van der Waals surface area contributed by atoms with Gasteiger partial charge in [0.15, 0.2) is 0 Å². The lowest BCUT2D eigenvalue weighted by Crippen LogP contribution is -2.45. The summed E-state index contributed by atoms with van der Waals surface area (Å²) in [5, 5.41) is 17.2. The molecule has 2 N–H and O–H groups in total. The number of carboxylic acid groups (broad SMARTS) is 1. The van der Waals surface area contributed by atoms with E-state index < -0.39 is 17.4 Å². The number of carboxylic acids is 1. The average molecular weight is 341 g/mol. The van der Waals surface area contributed by atoms with Gasteiger partial charge in [-0.3, -0.25) is 4.79 Å². The van der Waals surface area contributed by atoms with Crippen LogP contribution < -0.4 is 5.32 Å². The first-order valence-corrected chi connectivity index (χ1v) is 8.01. The van der Waals surface area contributed by atoms with E-state index in [9.17, 15) is 14.3 Å².